The number of hydrogen-bond donors (Lipinski definition) is 3. The summed E-state index contributed by atoms with van der Waals surface area (Å²) in [5.41, 5.74) is -4.11. The van der Waals surface area contributed by atoms with Crippen LogP contribution in [0.3, 0.4) is 0 Å². The molecule has 2 heterocycles. The van der Waals surface area contributed by atoms with E-state index in [2.05, 4.69) is 5.32 Å². The minimum atomic E-state index is -5.09. The summed E-state index contributed by atoms with van der Waals surface area (Å²) in [6.07, 6.45) is -2.24. The molecular weight excluding hydrogens is 673 g/mol. The summed E-state index contributed by atoms with van der Waals surface area (Å²) in [5.74, 6) is -1.10. The van der Waals surface area contributed by atoms with Crippen molar-refractivity contribution in [2.45, 2.75) is 62.1 Å². The van der Waals surface area contributed by atoms with Crippen LogP contribution in [-0.4, -0.2) is 81.0 Å². The van der Waals surface area contributed by atoms with Gasteiger partial charge in [-0.15, -0.1) is 0 Å². The third kappa shape index (κ3) is 7.08. The van der Waals surface area contributed by atoms with E-state index in [1.54, 1.807) is 30.3 Å². The number of rotatable bonds is 12. The van der Waals surface area contributed by atoms with E-state index in [0.29, 0.717) is 37.9 Å². The van der Waals surface area contributed by atoms with Crippen LogP contribution in [0.5, 0.6) is 11.5 Å². The second-order valence-electron chi connectivity index (χ2n) is 13.1. The van der Waals surface area contributed by atoms with Gasteiger partial charge in [0.05, 0.1) is 17.5 Å². The SMILES string of the molecule is COc1cc(C(=O)NC2(C(=O)O)CCC2)ccc1OC1CCN(CC(O)(c2cn(Cc3ccccc3)c3cc([N+](=O)[O-])ccc23)C(F)(F)F)CC1. The van der Waals surface area contributed by atoms with Crippen molar-refractivity contribution in [1.82, 2.24) is 14.8 Å². The van der Waals surface area contributed by atoms with Crippen molar-refractivity contribution in [3.05, 3.63) is 99.7 Å². The Bertz CT molecular complexity index is 1940. The highest BCUT2D eigenvalue weighted by molar-refractivity contribution is 5.98. The topological polar surface area (TPSA) is 156 Å². The number of aromatic nitrogens is 1. The zero-order valence-electron chi connectivity index (χ0n) is 27.7. The molecule has 3 N–H and O–H groups in total. The maximum Gasteiger partial charge on any atom is 0.422 e. The van der Waals surface area contributed by atoms with Crippen molar-refractivity contribution in [2.75, 3.05) is 26.7 Å². The number of nitro groups is 1. The molecule has 0 radical (unpaired) electrons. The summed E-state index contributed by atoms with van der Waals surface area (Å²) in [6, 6.07) is 17.0. The lowest BCUT2D eigenvalue weighted by Gasteiger charge is -2.39. The van der Waals surface area contributed by atoms with Gasteiger partial charge in [-0.25, -0.2) is 4.79 Å². The summed E-state index contributed by atoms with van der Waals surface area (Å²) in [5, 5.41) is 35.3. The number of alkyl halides is 3. The van der Waals surface area contributed by atoms with Crippen molar-refractivity contribution in [1.29, 1.82) is 0 Å². The van der Waals surface area contributed by atoms with Crippen LogP contribution in [0, 0.1) is 10.1 Å². The number of amides is 1. The molecule has 1 unspecified atom stereocenters. The molecule has 6 rings (SSSR count). The lowest BCUT2D eigenvalue weighted by atomic mass is 9.76. The Balaban J connectivity index is 1.17. The van der Waals surface area contributed by atoms with Crippen molar-refractivity contribution in [3.63, 3.8) is 0 Å². The van der Waals surface area contributed by atoms with Gasteiger partial charge in [0.2, 0.25) is 5.60 Å². The number of aliphatic carboxylic acids is 1. The van der Waals surface area contributed by atoms with E-state index in [1.807, 2.05) is 0 Å². The number of nitrogens with one attached hydrogen (secondary N) is 1. The fourth-order valence-electron chi connectivity index (χ4n) is 6.77. The van der Waals surface area contributed by atoms with Gasteiger partial charge in [-0.2, -0.15) is 13.2 Å². The third-order valence-electron chi connectivity index (χ3n) is 9.86. The van der Waals surface area contributed by atoms with E-state index < -0.39 is 52.3 Å². The van der Waals surface area contributed by atoms with Crippen molar-refractivity contribution in [3.8, 4) is 11.5 Å². The fraction of sp³-hybridized carbons (Fsp3) is 0.389. The Labute approximate surface area is 290 Å². The molecule has 1 atom stereocenters. The molecule has 270 valence electrons. The first kappa shape index (κ1) is 35.7. The number of nitro benzene ring substituents is 1. The van der Waals surface area contributed by atoms with Gasteiger partial charge in [-0.05, 0) is 61.9 Å². The van der Waals surface area contributed by atoms with Crippen molar-refractivity contribution >= 4 is 28.5 Å². The lowest BCUT2D eigenvalue weighted by molar-refractivity contribution is -0.384. The molecule has 1 aliphatic heterocycles. The zero-order valence-corrected chi connectivity index (χ0v) is 27.7. The maximum atomic E-state index is 14.9. The summed E-state index contributed by atoms with van der Waals surface area (Å²) in [4.78, 5) is 37.0. The summed E-state index contributed by atoms with van der Waals surface area (Å²) in [7, 11) is 1.39. The summed E-state index contributed by atoms with van der Waals surface area (Å²) < 4.78 is 57.8. The third-order valence-corrected chi connectivity index (χ3v) is 9.86. The summed E-state index contributed by atoms with van der Waals surface area (Å²) in [6.45, 7) is -0.308. The minimum Gasteiger partial charge on any atom is -0.493 e. The molecule has 1 amide bonds. The van der Waals surface area contributed by atoms with Gasteiger partial charge >= 0.3 is 12.1 Å². The molecule has 51 heavy (non-hydrogen) atoms. The standard InChI is InChI=1S/C36H37F3N4O8/c1-50-31-18-24(32(44)40-34(33(45)46)14-5-15-34)8-11-30(31)51-26-12-16-41(17-13-26)22-35(47,36(37,38)39)28-21-42(20-23-6-3-2-4-7-23)29-19-25(43(48)49)9-10-27(28)29/h2-4,6-11,18-19,21,26,47H,5,12-17,20,22H2,1H3,(H,40,44)(H,45,46). The number of carbonyl (C=O) groups is 2. The monoisotopic (exact) mass is 710 g/mol. The van der Waals surface area contributed by atoms with Crippen molar-refractivity contribution < 1.29 is 47.4 Å². The predicted molar refractivity (Wildman–Crippen MR) is 179 cm³/mol. The molecule has 2 fully saturated rings. The van der Waals surface area contributed by atoms with E-state index in [4.69, 9.17) is 9.47 Å². The zero-order chi connectivity index (χ0) is 36.6. The normalized spacial score (nSPS) is 17.7. The van der Waals surface area contributed by atoms with Gasteiger partial charge in [0, 0.05) is 61.0 Å². The number of β-amino-alcohol motifs (C(OH)–C–C–N with tert-alkyl or cyclic N) is 1. The first-order chi connectivity index (χ1) is 24.2. The molecule has 2 aliphatic rings. The molecule has 0 bridgehead atoms. The first-order valence-electron chi connectivity index (χ1n) is 16.5. The summed E-state index contributed by atoms with van der Waals surface area (Å²) >= 11 is 0. The smallest absolute Gasteiger partial charge is 0.422 e. The molecule has 0 spiro atoms. The second-order valence-corrected chi connectivity index (χ2v) is 13.1. The number of methoxy groups -OCH3 is 1. The number of non-ortho nitro benzene ring substituents is 1. The molecule has 1 saturated heterocycles. The number of carbonyl (C=O) groups excluding carboxylic acids is 1. The number of carboxylic acid groups (broad SMARTS) is 1. The Kier molecular flexibility index (Phi) is 9.70. The number of benzene rings is 3. The van der Waals surface area contributed by atoms with E-state index >= 15 is 0 Å². The largest absolute Gasteiger partial charge is 0.493 e. The van der Waals surface area contributed by atoms with Gasteiger partial charge in [0.25, 0.3) is 11.6 Å². The van der Waals surface area contributed by atoms with E-state index in [1.165, 1.54) is 53.1 Å². The minimum absolute atomic E-state index is 0.0598. The predicted octanol–water partition coefficient (Wildman–Crippen LogP) is 5.64. The van der Waals surface area contributed by atoms with Gasteiger partial charge in [-0.1, -0.05) is 30.3 Å². The van der Waals surface area contributed by atoms with Crippen LogP contribution in [0.15, 0.2) is 72.9 Å². The highest BCUT2D eigenvalue weighted by Gasteiger charge is 2.57. The number of aliphatic hydroxyl groups is 1. The van der Waals surface area contributed by atoms with Crippen LogP contribution < -0.4 is 14.8 Å². The molecule has 15 heteroatoms. The van der Waals surface area contributed by atoms with Gasteiger partial charge in [0.15, 0.2) is 11.5 Å². The number of carboxylic acids is 1. The molecule has 1 aromatic heterocycles. The Morgan fingerprint density at radius 1 is 1.04 bits per heavy atom. The van der Waals surface area contributed by atoms with Crippen LogP contribution in [0.1, 0.15) is 53.6 Å². The number of nitrogens with zero attached hydrogens (tertiary/aromatic N) is 3. The Morgan fingerprint density at radius 2 is 1.75 bits per heavy atom. The molecule has 1 aliphatic carbocycles. The van der Waals surface area contributed by atoms with Crippen molar-refractivity contribution in [2.24, 2.45) is 0 Å². The molecule has 3 aromatic carbocycles. The number of halogens is 3. The van der Waals surface area contributed by atoms with E-state index in [-0.39, 0.29) is 47.5 Å². The average Bonchev–Trinajstić information content (AvgIpc) is 3.44. The highest BCUT2D eigenvalue weighted by Crippen LogP contribution is 2.44. The molecule has 12 nitrogen and oxygen atoms in total. The first-order valence-corrected chi connectivity index (χ1v) is 16.5. The fourth-order valence-corrected chi connectivity index (χ4v) is 6.77. The molecular formula is C36H37F3N4O8. The van der Waals surface area contributed by atoms with Gasteiger partial charge in [-0.3, -0.25) is 19.8 Å². The molecule has 1 saturated carbocycles. The number of fused-ring (bicyclic) bond motifs is 1. The van der Waals surface area contributed by atoms with E-state index in [9.17, 15) is 43.1 Å². The van der Waals surface area contributed by atoms with Crippen LogP contribution in [-0.2, 0) is 16.9 Å². The average molecular weight is 711 g/mol. The van der Waals surface area contributed by atoms with E-state index in [0.717, 1.165) is 11.6 Å². The number of ether oxygens (including phenoxy) is 2. The van der Waals surface area contributed by atoms with Gasteiger partial charge in [0.1, 0.15) is 11.6 Å². The number of piperidine rings is 1. The van der Waals surface area contributed by atoms with Crippen LogP contribution in [0.25, 0.3) is 10.9 Å². The van der Waals surface area contributed by atoms with Crippen LogP contribution in [0.2, 0.25) is 0 Å². The Morgan fingerprint density at radius 3 is 2.33 bits per heavy atom. The second kappa shape index (κ2) is 13.9. The van der Waals surface area contributed by atoms with Crippen LogP contribution >= 0.6 is 0 Å². The number of hydrogen-bond acceptors (Lipinski definition) is 8. The number of likely N-dealkylation sites (tertiary alicyclic amines) is 1. The van der Waals surface area contributed by atoms with Gasteiger partial charge < -0.3 is 29.6 Å². The van der Waals surface area contributed by atoms with Crippen LogP contribution in [0.4, 0.5) is 18.9 Å². The highest BCUT2D eigenvalue weighted by atomic mass is 19.4. The Hall–Kier alpha value is -5.15. The quantitative estimate of drug-likeness (QED) is 0.125. The molecule has 4 aromatic rings. The maximum absolute atomic E-state index is 14.9. The lowest BCUT2D eigenvalue weighted by Crippen LogP contribution is -2.59.